The highest BCUT2D eigenvalue weighted by Crippen LogP contribution is 2.27. The summed E-state index contributed by atoms with van der Waals surface area (Å²) in [4.78, 5) is 70.8. The maximum Gasteiger partial charge on any atom is 0.311 e. The summed E-state index contributed by atoms with van der Waals surface area (Å²) < 4.78 is 10.5. The molecular formula is C74H124N4O8. The van der Waals surface area contributed by atoms with Gasteiger partial charge in [0.15, 0.2) is 0 Å². The van der Waals surface area contributed by atoms with Crippen LogP contribution in [0.4, 0.5) is 22.7 Å². The second-order valence-corrected chi connectivity index (χ2v) is 31.1. The van der Waals surface area contributed by atoms with Crippen molar-refractivity contribution >= 4 is 58.3 Å². The minimum absolute atomic E-state index is 0. The Morgan fingerprint density at radius 2 is 0.453 bits per heavy atom. The molecular weight excluding hydrogens is 1070 g/mol. The van der Waals surface area contributed by atoms with Crippen LogP contribution in [0.3, 0.4) is 0 Å². The molecule has 12 heteroatoms. The lowest BCUT2D eigenvalue weighted by Crippen LogP contribution is -2.22. The number of rotatable bonds is 14. The quantitative estimate of drug-likeness (QED) is 0.0905. The van der Waals surface area contributed by atoms with Crippen molar-refractivity contribution in [2.24, 2.45) is 43.3 Å². The normalized spacial score (nSPS) is 11.5. The van der Waals surface area contributed by atoms with Gasteiger partial charge in [0.05, 0.1) is 10.8 Å². The first-order valence-corrected chi connectivity index (χ1v) is 28.9. The zero-order chi connectivity index (χ0) is 63.3. The van der Waals surface area contributed by atoms with Gasteiger partial charge in [0, 0.05) is 48.4 Å². The van der Waals surface area contributed by atoms with E-state index in [-0.39, 0.29) is 111 Å². The molecule has 0 atom stereocenters. The molecule has 0 aliphatic heterocycles. The van der Waals surface area contributed by atoms with Crippen LogP contribution in [0.1, 0.15) is 244 Å². The predicted molar refractivity (Wildman–Crippen MR) is 368 cm³/mol. The molecule has 4 N–H and O–H groups in total. The lowest BCUT2D eigenvalue weighted by atomic mass is 9.88. The predicted octanol–water partition coefficient (Wildman–Crippen LogP) is 20.1. The van der Waals surface area contributed by atoms with Crippen LogP contribution in [0.5, 0.6) is 0 Å². The summed E-state index contributed by atoms with van der Waals surface area (Å²) in [6.45, 7) is 49.4. The van der Waals surface area contributed by atoms with Crippen LogP contribution in [0.15, 0.2) is 97.1 Å². The molecule has 0 spiro atoms. The van der Waals surface area contributed by atoms with Gasteiger partial charge in [-0.15, -0.1) is 0 Å². The molecule has 4 aromatic carbocycles. The van der Waals surface area contributed by atoms with Gasteiger partial charge in [0.25, 0.3) is 0 Å². The van der Waals surface area contributed by atoms with E-state index in [1.807, 2.05) is 156 Å². The number of carbonyl (C=O) groups excluding carboxylic acids is 6. The van der Waals surface area contributed by atoms with Crippen molar-refractivity contribution in [1.82, 2.24) is 0 Å². The summed E-state index contributed by atoms with van der Waals surface area (Å²) in [6, 6.07) is 31.0. The number of nitrogens with one attached hydrogen (secondary N) is 4. The maximum atomic E-state index is 11.9. The lowest BCUT2D eigenvalue weighted by Gasteiger charge is -2.19. The molecule has 0 aliphatic carbocycles. The molecule has 0 heterocycles. The molecule has 4 amide bonds. The van der Waals surface area contributed by atoms with E-state index >= 15 is 0 Å². The molecule has 488 valence electrons. The van der Waals surface area contributed by atoms with E-state index < -0.39 is 10.8 Å². The number of hydrogen-bond acceptors (Lipinski definition) is 8. The summed E-state index contributed by atoms with van der Waals surface area (Å²) in [6.07, 6.45) is 4.11. The fraction of sp³-hybridized carbons (Fsp3) is 0.595. The van der Waals surface area contributed by atoms with Gasteiger partial charge < -0.3 is 30.7 Å². The maximum absolute atomic E-state index is 11.9. The molecule has 0 fully saturated rings. The zero-order valence-electron chi connectivity index (χ0n) is 55.2. The van der Waals surface area contributed by atoms with Gasteiger partial charge in [-0.2, -0.15) is 0 Å². The molecule has 12 nitrogen and oxygen atoms in total. The van der Waals surface area contributed by atoms with E-state index in [1.165, 1.54) is 11.1 Å². The van der Waals surface area contributed by atoms with E-state index in [9.17, 15) is 28.8 Å². The summed E-state index contributed by atoms with van der Waals surface area (Å²) in [5.41, 5.74) is 7.22. The van der Waals surface area contributed by atoms with Crippen LogP contribution < -0.4 is 21.3 Å². The van der Waals surface area contributed by atoms with Gasteiger partial charge in [0.1, 0.15) is 13.2 Å². The molecule has 4 rings (SSSR count). The minimum Gasteiger partial charge on any atom is -0.460 e. The Hall–Kier alpha value is -6.30. The van der Waals surface area contributed by atoms with Gasteiger partial charge in [-0.1, -0.05) is 203 Å². The smallest absolute Gasteiger partial charge is 0.311 e. The van der Waals surface area contributed by atoms with Gasteiger partial charge in [-0.3, -0.25) is 28.8 Å². The van der Waals surface area contributed by atoms with E-state index in [1.54, 1.807) is 0 Å². The Balaban J connectivity index is -0.000000514. The summed E-state index contributed by atoms with van der Waals surface area (Å²) in [5, 5.41) is 11.6. The average molecular weight is 1200 g/mol. The van der Waals surface area contributed by atoms with Crippen molar-refractivity contribution < 1.29 is 38.2 Å². The molecule has 0 aromatic heterocycles. The number of ether oxygens (including phenoxy) is 2. The van der Waals surface area contributed by atoms with Gasteiger partial charge in [0.2, 0.25) is 23.6 Å². The van der Waals surface area contributed by atoms with Gasteiger partial charge in [-0.25, -0.2) is 0 Å². The highest BCUT2D eigenvalue weighted by atomic mass is 16.5. The van der Waals surface area contributed by atoms with Crippen molar-refractivity contribution in [2.75, 3.05) is 21.3 Å². The third kappa shape index (κ3) is 44.2. The third-order valence-electron chi connectivity index (χ3n) is 11.1. The Labute approximate surface area is 525 Å². The van der Waals surface area contributed by atoms with Crippen molar-refractivity contribution in [3.05, 3.63) is 119 Å². The largest absolute Gasteiger partial charge is 0.460 e. The van der Waals surface area contributed by atoms with Crippen LogP contribution >= 0.6 is 0 Å². The molecule has 86 heavy (non-hydrogen) atoms. The Morgan fingerprint density at radius 1 is 0.279 bits per heavy atom. The summed E-state index contributed by atoms with van der Waals surface area (Å²) in [5.74, 6) is -0.295. The van der Waals surface area contributed by atoms with Crippen LogP contribution in [0.25, 0.3) is 0 Å². The standard InChI is InChI=1S/2C18H27NO3.2C17H27NO.4CH4/c2*1-17(2,3)11-15(20)19-14-9-7-13(8-10-14)12-22-16(21)18(4,5)6;2*1-16(2,3)11-13-7-9-14(10-8-13)18-15(19)12-17(4,5)6;;;;/h2*7-10H,11-12H2,1-6H3,(H,19,20);2*7-10H,11-12H2,1-6H3,(H,18,19);4*1H4. The van der Waals surface area contributed by atoms with E-state index in [0.717, 1.165) is 46.7 Å². The van der Waals surface area contributed by atoms with Crippen molar-refractivity contribution in [3.63, 3.8) is 0 Å². The average Bonchev–Trinajstić information content (AvgIpc) is 3.28. The molecule has 0 bridgehead atoms. The number of benzene rings is 4. The first kappa shape index (κ1) is 86.1. The summed E-state index contributed by atoms with van der Waals surface area (Å²) in [7, 11) is 0. The molecule has 0 saturated heterocycles. The third-order valence-corrected chi connectivity index (χ3v) is 11.1. The highest BCUT2D eigenvalue weighted by Gasteiger charge is 2.25. The lowest BCUT2D eigenvalue weighted by molar-refractivity contribution is -0.155. The van der Waals surface area contributed by atoms with E-state index in [4.69, 9.17) is 9.47 Å². The van der Waals surface area contributed by atoms with Crippen molar-refractivity contribution in [1.29, 1.82) is 0 Å². The molecule has 0 aliphatic rings. The molecule has 0 saturated carbocycles. The van der Waals surface area contributed by atoms with Crippen molar-refractivity contribution in [2.45, 2.75) is 248 Å². The van der Waals surface area contributed by atoms with Gasteiger partial charge >= 0.3 is 11.9 Å². The Kier molecular flexibility index (Phi) is 36.8. The highest BCUT2D eigenvalue weighted by molar-refractivity contribution is 5.93. The first-order chi connectivity index (χ1) is 37.0. The number of amides is 4. The molecule has 0 radical (unpaired) electrons. The fourth-order valence-electron chi connectivity index (χ4n) is 7.48. The number of carbonyl (C=O) groups is 6. The molecule has 4 aromatic rings. The van der Waals surface area contributed by atoms with Crippen LogP contribution in [0, 0.1) is 43.3 Å². The van der Waals surface area contributed by atoms with Gasteiger partial charge in [-0.05, 0) is 158 Å². The SMILES string of the molecule is C.C.C.C.CC(C)(C)CC(=O)Nc1ccc(CC(C)(C)C)cc1.CC(C)(C)CC(=O)Nc1ccc(CC(C)(C)C)cc1.CC(C)(C)CC(=O)Nc1ccc(COC(=O)C(C)(C)C)cc1.CC(C)(C)CC(=O)Nc1ccc(COC(=O)C(C)(C)C)cc1. The topological polar surface area (TPSA) is 169 Å². The van der Waals surface area contributed by atoms with Crippen molar-refractivity contribution in [3.8, 4) is 0 Å². The van der Waals surface area contributed by atoms with E-state index in [0.29, 0.717) is 25.7 Å². The van der Waals surface area contributed by atoms with Crippen LogP contribution in [-0.4, -0.2) is 35.6 Å². The van der Waals surface area contributed by atoms with E-state index in [2.05, 4.69) is 129 Å². The minimum atomic E-state index is -0.499. The zero-order valence-corrected chi connectivity index (χ0v) is 55.2. The second-order valence-electron chi connectivity index (χ2n) is 31.1. The number of anilines is 4. The Bertz CT molecular complexity index is 2430. The Morgan fingerprint density at radius 3 is 0.605 bits per heavy atom. The van der Waals surface area contributed by atoms with Crippen LogP contribution in [-0.2, 0) is 64.3 Å². The molecule has 0 unspecified atom stereocenters. The van der Waals surface area contributed by atoms with Crippen LogP contribution in [0.2, 0.25) is 0 Å². The first-order valence-electron chi connectivity index (χ1n) is 28.9. The number of esters is 2. The monoisotopic (exact) mass is 1200 g/mol. The second kappa shape index (κ2) is 36.8. The summed E-state index contributed by atoms with van der Waals surface area (Å²) >= 11 is 0. The number of hydrogen-bond donors (Lipinski definition) is 4. The fourth-order valence-corrected chi connectivity index (χ4v) is 7.48.